The smallest absolute Gasteiger partial charge is 0.165 e. The van der Waals surface area contributed by atoms with Crippen LogP contribution in [0.25, 0.3) is 137 Å². The van der Waals surface area contributed by atoms with E-state index in [1.54, 1.807) is 11.3 Å². The summed E-state index contributed by atoms with van der Waals surface area (Å²) in [5, 5.41) is 7.25. The van der Waals surface area contributed by atoms with Gasteiger partial charge in [0.15, 0.2) is 17.5 Å². The average molecular weight is 937 g/mol. The maximum absolute atomic E-state index is 5.58. The standard InChI is InChI=1S/C67H44N4S/c1-66(2)52-32-17-25-43-41-19-6-10-33-54(41)71-55-34-11-7-21-47(55)57-50(36-53(66)59(58(43)52)61(57)71)39-24-13-23-38-37(39)22-14-28-46(38)63-68-64(48-29-15-26-44-40-18-5-9-31-51(40)67(3,4)60(44)48)70-65(69-63)49-30-16-27-45-42-20-8-12-35-56(42)72-62(45)49/h5-36H,1-4H3. The number of hydrogen-bond acceptors (Lipinski definition) is 4. The van der Waals surface area contributed by atoms with Gasteiger partial charge >= 0.3 is 0 Å². The quantitative estimate of drug-likeness (QED) is 0.177. The third kappa shape index (κ3) is 5.13. The van der Waals surface area contributed by atoms with Crippen LogP contribution in [0.5, 0.6) is 0 Å². The third-order valence-corrected chi connectivity index (χ3v) is 17.8. The van der Waals surface area contributed by atoms with Gasteiger partial charge < -0.3 is 4.57 Å². The molecule has 5 heteroatoms. The Balaban J connectivity index is 0.976. The van der Waals surface area contributed by atoms with E-state index < -0.39 is 0 Å². The first-order valence-corrected chi connectivity index (χ1v) is 25.8. The van der Waals surface area contributed by atoms with E-state index in [0.717, 1.165) is 27.5 Å². The summed E-state index contributed by atoms with van der Waals surface area (Å²) in [6.45, 7) is 9.50. The van der Waals surface area contributed by atoms with Crippen LogP contribution < -0.4 is 0 Å². The molecule has 0 radical (unpaired) electrons. The van der Waals surface area contributed by atoms with E-state index >= 15 is 0 Å². The second-order valence-electron chi connectivity index (χ2n) is 21.0. The molecule has 0 N–H and O–H groups in total. The van der Waals surface area contributed by atoms with Crippen molar-refractivity contribution < 1.29 is 0 Å². The zero-order chi connectivity index (χ0) is 47.8. The zero-order valence-electron chi connectivity index (χ0n) is 40.2. The van der Waals surface area contributed by atoms with Crippen molar-refractivity contribution in [2.75, 3.05) is 0 Å². The van der Waals surface area contributed by atoms with Gasteiger partial charge in [0.1, 0.15) is 0 Å². The van der Waals surface area contributed by atoms with Crippen LogP contribution in [0.2, 0.25) is 0 Å². The van der Waals surface area contributed by atoms with Crippen LogP contribution in [0, 0.1) is 0 Å². The third-order valence-electron chi connectivity index (χ3n) is 16.6. The van der Waals surface area contributed by atoms with E-state index in [1.165, 1.54) is 114 Å². The molecule has 3 aromatic heterocycles. The topological polar surface area (TPSA) is 43.6 Å². The first kappa shape index (κ1) is 40.2. The first-order valence-electron chi connectivity index (χ1n) is 25.0. The van der Waals surface area contributed by atoms with E-state index in [9.17, 15) is 0 Å². The second kappa shape index (κ2) is 14.1. The van der Waals surface area contributed by atoms with Gasteiger partial charge in [-0.05, 0) is 96.7 Å². The van der Waals surface area contributed by atoms with Gasteiger partial charge in [0, 0.05) is 69.6 Å². The van der Waals surface area contributed by atoms with Crippen LogP contribution in [0.3, 0.4) is 0 Å². The van der Waals surface area contributed by atoms with Crippen molar-refractivity contribution >= 4 is 64.1 Å². The van der Waals surface area contributed by atoms with Crippen molar-refractivity contribution in [1.82, 2.24) is 19.5 Å². The SMILES string of the molecule is CC1(C)c2cccc3c2-c2c1cc(-c1cccc4c(-c5nc(-c6cccc7c6C(C)(C)c6ccccc6-7)nc(-c6cccc7c6sc6ccccc67)n5)cccc14)c1c4ccccc4n(c21)-c1ccccc1-3. The monoisotopic (exact) mass is 936 g/mol. The summed E-state index contributed by atoms with van der Waals surface area (Å²) in [5.41, 5.74) is 21.8. The molecule has 0 unspecified atom stereocenters. The highest BCUT2D eigenvalue weighted by Crippen LogP contribution is 2.60. The molecule has 0 spiro atoms. The summed E-state index contributed by atoms with van der Waals surface area (Å²) in [4.78, 5) is 16.6. The lowest BCUT2D eigenvalue weighted by atomic mass is 9.80. The molecule has 13 aromatic rings. The Hall–Kier alpha value is -8.51. The lowest BCUT2D eigenvalue weighted by Crippen LogP contribution is -2.17. The maximum Gasteiger partial charge on any atom is 0.165 e. The van der Waals surface area contributed by atoms with Crippen LogP contribution in [-0.4, -0.2) is 19.5 Å². The van der Waals surface area contributed by atoms with Crippen molar-refractivity contribution in [2.24, 2.45) is 0 Å². The summed E-state index contributed by atoms with van der Waals surface area (Å²) in [7, 11) is 0. The number of hydrogen-bond donors (Lipinski definition) is 0. The number of benzene rings is 10. The molecule has 0 atom stereocenters. The van der Waals surface area contributed by atoms with Gasteiger partial charge in [-0.1, -0.05) is 191 Å². The van der Waals surface area contributed by atoms with Gasteiger partial charge in [-0.15, -0.1) is 11.3 Å². The van der Waals surface area contributed by atoms with Crippen LogP contribution in [0.4, 0.5) is 0 Å². The molecule has 0 amide bonds. The largest absolute Gasteiger partial charge is 0.308 e. The molecule has 1 aliphatic heterocycles. The number of nitrogens with zero attached hydrogens (tertiary/aromatic N) is 4. The van der Waals surface area contributed by atoms with Gasteiger partial charge in [-0.2, -0.15) is 0 Å². The van der Waals surface area contributed by atoms with Crippen LogP contribution in [0.15, 0.2) is 194 Å². The molecule has 3 aliphatic rings. The molecule has 0 fully saturated rings. The van der Waals surface area contributed by atoms with Crippen LogP contribution >= 0.6 is 11.3 Å². The number of rotatable bonds is 4. The Morgan fingerprint density at radius 1 is 0.375 bits per heavy atom. The molecule has 338 valence electrons. The molecule has 4 heterocycles. The van der Waals surface area contributed by atoms with Gasteiger partial charge in [0.05, 0.1) is 16.7 Å². The predicted molar refractivity (Wildman–Crippen MR) is 300 cm³/mol. The molecule has 4 nitrogen and oxygen atoms in total. The fourth-order valence-corrected chi connectivity index (χ4v) is 14.6. The van der Waals surface area contributed by atoms with E-state index in [2.05, 4.69) is 226 Å². The summed E-state index contributed by atoms with van der Waals surface area (Å²) in [5.74, 6) is 2.01. The molecule has 16 rings (SSSR count). The lowest BCUT2D eigenvalue weighted by Gasteiger charge is -2.24. The fourth-order valence-electron chi connectivity index (χ4n) is 13.4. The maximum atomic E-state index is 5.58. The minimum absolute atomic E-state index is 0.227. The van der Waals surface area contributed by atoms with Crippen molar-refractivity contribution in [3.05, 3.63) is 216 Å². The molecule has 0 bridgehead atoms. The van der Waals surface area contributed by atoms with Gasteiger partial charge in [-0.25, -0.2) is 15.0 Å². The Morgan fingerprint density at radius 2 is 0.931 bits per heavy atom. The number of aromatic nitrogens is 4. The van der Waals surface area contributed by atoms with Gasteiger partial charge in [0.25, 0.3) is 0 Å². The Kier molecular flexibility index (Phi) is 7.88. The minimum Gasteiger partial charge on any atom is -0.308 e. The minimum atomic E-state index is -0.265. The van der Waals surface area contributed by atoms with E-state index in [1.807, 2.05) is 0 Å². The number of fused-ring (bicyclic) bond motifs is 13. The first-order chi connectivity index (χ1) is 35.3. The summed E-state index contributed by atoms with van der Waals surface area (Å²) >= 11 is 1.81. The van der Waals surface area contributed by atoms with Crippen molar-refractivity contribution in [2.45, 2.75) is 38.5 Å². The second-order valence-corrected chi connectivity index (χ2v) is 22.0. The molecule has 72 heavy (non-hydrogen) atoms. The predicted octanol–water partition coefficient (Wildman–Crippen LogP) is 17.8. The van der Waals surface area contributed by atoms with E-state index in [0.29, 0.717) is 17.5 Å². The highest BCUT2D eigenvalue weighted by molar-refractivity contribution is 7.26. The lowest BCUT2D eigenvalue weighted by molar-refractivity contribution is 0.661. The fraction of sp³-hybridized carbons (Fsp3) is 0.0896. The summed E-state index contributed by atoms with van der Waals surface area (Å²) in [6.07, 6.45) is 0. The highest BCUT2D eigenvalue weighted by atomic mass is 32.1. The number of thiophene rings is 1. The molecule has 0 saturated carbocycles. The van der Waals surface area contributed by atoms with Crippen molar-refractivity contribution in [1.29, 1.82) is 0 Å². The van der Waals surface area contributed by atoms with Crippen molar-refractivity contribution in [3.63, 3.8) is 0 Å². The zero-order valence-corrected chi connectivity index (χ0v) is 41.0. The normalized spacial score (nSPS) is 14.3. The summed E-state index contributed by atoms with van der Waals surface area (Å²) in [6, 6.07) is 71.7. The van der Waals surface area contributed by atoms with E-state index in [4.69, 9.17) is 15.0 Å². The molecule has 0 saturated heterocycles. The Labute approximate surface area is 420 Å². The highest BCUT2D eigenvalue weighted by Gasteiger charge is 2.42. The Bertz CT molecular complexity index is 4580. The molecular weight excluding hydrogens is 893 g/mol. The number of para-hydroxylation sites is 2. The van der Waals surface area contributed by atoms with E-state index in [-0.39, 0.29) is 10.8 Å². The molecular formula is C67H44N4S. The van der Waals surface area contributed by atoms with Gasteiger partial charge in [-0.3, -0.25) is 0 Å². The Morgan fingerprint density at radius 3 is 1.78 bits per heavy atom. The van der Waals surface area contributed by atoms with Gasteiger partial charge in [0.2, 0.25) is 0 Å². The molecule has 10 aromatic carbocycles. The van der Waals surface area contributed by atoms with Crippen LogP contribution in [-0.2, 0) is 10.8 Å². The summed E-state index contributed by atoms with van der Waals surface area (Å²) < 4.78 is 4.99. The van der Waals surface area contributed by atoms with Crippen LogP contribution in [0.1, 0.15) is 49.9 Å². The van der Waals surface area contributed by atoms with Crippen molar-refractivity contribution in [3.8, 4) is 84.4 Å². The average Bonchev–Trinajstić information content (AvgIpc) is 4.09. The molecule has 2 aliphatic carbocycles.